The number of thioether (sulfide) groups is 1. The van der Waals surface area contributed by atoms with Crippen LogP contribution in [-0.2, 0) is 11.8 Å². The molecule has 1 aromatic heterocycles. The Hall–Kier alpha value is -3.31. The molecule has 0 fully saturated rings. The zero-order chi connectivity index (χ0) is 20.1. The summed E-state index contributed by atoms with van der Waals surface area (Å²) < 4.78 is 7.03. The van der Waals surface area contributed by atoms with E-state index in [0.29, 0.717) is 22.2 Å². The largest absolute Gasteiger partial charge is 0.497 e. The molecule has 1 N–H and O–H groups in total. The van der Waals surface area contributed by atoms with Gasteiger partial charge in [0.05, 0.1) is 24.0 Å². The van der Waals surface area contributed by atoms with Gasteiger partial charge in [-0.05, 0) is 55.5 Å². The zero-order valence-corrected chi connectivity index (χ0v) is 16.5. The van der Waals surface area contributed by atoms with E-state index >= 15 is 0 Å². The van der Waals surface area contributed by atoms with Gasteiger partial charge in [-0.1, -0.05) is 11.8 Å². The summed E-state index contributed by atoms with van der Waals surface area (Å²) in [5, 5.41) is 20.4. The number of amides is 1. The van der Waals surface area contributed by atoms with Crippen molar-refractivity contribution in [3.8, 4) is 23.2 Å². The van der Waals surface area contributed by atoms with Gasteiger partial charge < -0.3 is 14.6 Å². The van der Waals surface area contributed by atoms with Crippen molar-refractivity contribution in [3.05, 3.63) is 54.1 Å². The van der Waals surface area contributed by atoms with Crippen LogP contribution in [0, 0.1) is 11.3 Å². The van der Waals surface area contributed by atoms with Crippen LogP contribution in [0.1, 0.15) is 12.5 Å². The summed E-state index contributed by atoms with van der Waals surface area (Å²) in [6.45, 7) is 1.81. The molecular formula is C20H19N5O2S. The fourth-order valence-corrected chi connectivity index (χ4v) is 3.31. The Balaban J connectivity index is 1.68. The average molecular weight is 393 g/mol. The second-order valence-electron chi connectivity index (χ2n) is 6.03. The molecule has 3 rings (SSSR count). The van der Waals surface area contributed by atoms with Crippen LogP contribution >= 0.6 is 11.8 Å². The minimum atomic E-state index is -0.373. The molecule has 7 nitrogen and oxygen atoms in total. The van der Waals surface area contributed by atoms with Crippen LogP contribution < -0.4 is 10.1 Å². The molecule has 0 saturated heterocycles. The van der Waals surface area contributed by atoms with Crippen LogP contribution in [0.2, 0.25) is 0 Å². The number of rotatable bonds is 6. The monoisotopic (exact) mass is 393 g/mol. The molecule has 0 bridgehead atoms. The molecule has 0 saturated carbocycles. The fraction of sp³-hybridized carbons (Fsp3) is 0.200. The topological polar surface area (TPSA) is 92.8 Å². The van der Waals surface area contributed by atoms with Crippen LogP contribution in [0.3, 0.4) is 0 Å². The standard InChI is InChI=1S/C20H19N5O2S/c1-13(19(26)22-16-8-4-14(12-21)5-9-16)28-20-24-23-18(25(20)2)15-6-10-17(27-3)11-7-15/h4-11,13H,1-3H3,(H,22,26)/t13-/m1/s1. The van der Waals surface area contributed by atoms with Gasteiger partial charge in [0, 0.05) is 18.3 Å². The molecule has 8 heteroatoms. The summed E-state index contributed by atoms with van der Waals surface area (Å²) in [6.07, 6.45) is 0. The van der Waals surface area contributed by atoms with Crippen LogP contribution in [-0.4, -0.2) is 33.0 Å². The summed E-state index contributed by atoms with van der Waals surface area (Å²) >= 11 is 1.33. The lowest BCUT2D eigenvalue weighted by Crippen LogP contribution is -2.22. The van der Waals surface area contributed by atoms with Gasteiger partial charge in [0.2, 0.25) is 5.91 Å². The number of methoxy groups -OCH3 is 1. The third kappa shape index (κ3) is 4.32. The number of carbonyl (C=O) groups excluding carboxylic acids is 1. The predicted molar refractivity (Wildman–Crippen MR) is 108 cm³/mol. The van der Waals surface area contributed by atoms with Gasteiger partial charge in [-0.2, -0.15) is 5.26 Å². The van der Waals surface area contributed by atoms with Gasteiger partial charge >= 0.3 is 0 Å². The number of aromatic nitrogens is 3. The lowest BCUT2D eigenvalue weighted by molar-refractivity contribution is -0.115. The fourth-order valence-electron chi connectivity index (χ4n) is 2.49. The number of nitriles is 1. The van der Waals surface area contributed by atoms with Crippen LogP contribution in [0.5, 0.6) is 5.75 Å². The zero-order valence-electron chi connectivity index (χ0n) is 15.7. The molecular weight excluding hydrogens is 374 g/mol. The first-order valence-electron chi connectivity index (χ1n) is 8.53. The van der Waals surface area contributed by atoms with E-state index in [0.717, 1.165) is 11.3 Å². The third-order valence-corrected chi connectivity index (χ3v) is 5.25. The Bertz CT molecular complexity index is 1010. The molecule has 0 spiro atoms. The Morgan fingerprint density at radius 2 is 1.86 bits per heavy atom. The number of anilines is 1. The number of benzene rings is 2. The molecule has 1 amide bonds. The van der Waals surface area contributed by atoms with Gasteiger partial charge in [-0.3, -0.25) is 4.79 Å². The third-order valence-electron chi connectivity index (χ3n) is 4.12. The van der Waals surface area contributed by atoms with Crippen molar-refractivity contribution in [3.63, 3.8) is 0 Å². The molecule has 0 unspecified atom stereocenters. The van der Waals surface area contributed by atoms with E-state index in [-0.39, 0.29) is 11.2 Å². The van der Waals surface area contributed by atoms with Gasteiger partial charge in [0.1, 0.15) is 5.75 Å². The van der Waals surface area contributed by atoms with E-state index in [4.69, 9.17) is 10.00 Å². The first kappa shape index (κ1) is 19.5. The average Bonchev–Trinajstić information content (AvgIpc) is 3.08. The molecule has 3 aromatic rings. The van der Waals surface area contributed by atoms with Gasteiger partial charge in [0.15, 0.2) is 11.0 Å². The quantitative estimate of drug-likeness (QED) is 0.645. The van der Waals surface area contributed by atoms with E-state index in [1.807, 2.05) is 48.9 Å². The van der Waals surface area contributed by atoms with E-state index in [2.05, 4.69) is 15.5 Å². The first-order chi connectivity index (χ1) is 13.5. The highest BCUT2D eigenvalue weighted by Gasteiger charge is 2.19. The van der Waals surface area contributed by atoms with Crippen LogP contribution in [0.15, 0.2) is 53.7 Å². The van der Waals surface area contributed by atoms with Crippen molar-refractivity contribution < 1.29 is 9.53 Å². The molecule has 28 heavy (non-hydrogen) atoms. The summed E-state index contributed by atoms with van der Waals surface area (Å²) in [5.41, 5.74) is 2.11. The van der Waals surface area contributed by atoms with Crippen molar-refractivity contribution >= 4 is 23.4 Å². The summed E-state index contributed by atoms with van der Waals surface area (Å²) in [5.74, 6) is 1.34. The van der Waals surface area contributed by atoms with E-state index in [9.17, 15) is 4.79 Å². The Labute approximate surface area is 167 Å². The molecule has 1 heterocycles. The predicted octanol–water partition coefficient (Wildman–Crippen LogP) is 3.48. The lowest BCUT2D eigenvalue weighted by atomic mass is 10.2. The molecule has 0 aliphatic heterocycles. The number of hydrogen-bond acceptors (Lipinski definition) is 6. The van der Waals surface area contributed by atoms with E-state index in [1.165, 1.54) is 11.8 Å². The van der Waals surface area contributed by atoms with Crippen LogP contribution in [0.4, 0.5) is 5.69 Å². The van der Waals surface area contributed by atoms with Crippen molar-refractivity contribution in [2.45, 2.75) is 17.3 Å². The Morgan fingerprint density at radius 1 is 1.18 bits per heavy atom. The number of ether oxygens (including phenoxy) is 1. The number of nitrogens with zero attached hydrogens (tertiary/aromatic N) is 4. The normalized spacial score (nSPS) is 11.5. The molecule has 0 aliphatic rings. The SMILES string of the molecule is COc1ccc(-c2nnc(S[C@H](C)C(=O)Nc3ccc(C#N)cc3)n2C)cc1. The minimum Gasteiger partial charge on any atom is -0.497 e. The lowest BCUT2D eigenvalue weighted by Gasteiger charge is -2.12. The smallest absolute Gasteiger partial charge is 0.237 e. The van der Waals surface area contributed by atoms with Gasteiger partial charge in [0.25, 0.3) is 0 Å². The van der Waals surface area contributed by atoms with Crippen LogP contribution in [0.25, 0.3) is 11.4 Å². The first-order valence-corrected chi connectivity index (χ1v) is 9.41. The Morgan fingerprint density at radius 3 is 2.46 bits per heavy atom. The summed E-state index contributed by atoms with van der Waals surface area (Å²) in [4.78, 5) is 12.5. The van der Waals surface area contributed by atoms with E-state index < -0.39 is 0 Å². The molecule has 2 aromatic carbocycles. The molecule has 0 aliphatic carbocycles. The summed E-state index contributed by atoms with van der Waals surface area (Å²) in [7, 11) is 3.49. The highest BCUT2D eigenvalue weighted by Crippen LogP contribution is 2.27. The van der Waals surface area contributed by atoms with Crippen molar-refractivity contribution in [2.75, 3.05) is 12.4 Å². The van der Waals surface area contributed by atoms with E-state index in [1.54, 1.807) is 31.4 Å². The second-order valence-corrected chi connectivity index (χ2v) is 7.34. The highest BCUT2D eigenvalue weighted by atomic mass is 32.2. The molecule has 0 radical (unpaired) electrons. The number of nitrogens with one attached hydrogen (secondary N) is 1. The Kier molecular flexibility index (Phi) is 5.96. The van der Waals surface area contributed by atoms with Crippen molar-refractivity contribution in [1.29, 1.82) is 5.26 Å². The number of carbonyl (C=O) groups is 1. The van der Waals surface area contributed by atoms with Gasteiger partial charge in [-0.25, -0.2) is 0 Å². The van der Waals surface area contributed by atoms with Gasteiger partial charge in [-0.15, -0.1) is 10.2 Å². The maximum Gasteiger partial charge on any atom is 0.237 e. The maximum atomic E-state index is 12.5. The van der Waals surface area contributed by atoms with Crippen molar-refractivity contribution in [1.82, 2.24) is 14.8 Å². The molecule has 142 valence electrons. The molecule has 1 atom stereocenters. The maximum absolute atomic E-state index is 12.5. The summed E-state index contributed by atoms with van der Waals surface area (Å²) in [6, 6.07) is 16.4. The second kappa shape index (κ2) is 8.59. The van der Waals surface area contributed by atoms with Crippen molar-refractivity contribution in [2.24, 2.45) is 7.05 Å². The number of hydrogen-bond donors (Lipinski definition) is 1. The minimum absolute atomic E-state index is 0.149. The highest BCUT2D eigenvalue weighted by molar-refractivity contribution is 8.00.